The number of fused-ring (bicyclic) bond motifs is 1. The first kappa shape index (κ1) is 11.6. The summed E-state index contributed by atoms with van der Waals surface area (Å²) in [6.07, 6.45) is 0.263. The first-order chi connectivity index (χ1) is 8.10. The number of carbonyl (C=O) groups is 1. The van der Waals surface area contributed by atoms with Crippen LogP contribution in [-0.2, 0) is 4.79 Å². The van der Waals surface area contributed by atoms with Gasteiger partial charge in [0.2, 0.25) is 5.91 Å². The van der Waals surface area contributed by atoms with Gasteiger partial charge in [-0.1, -0.05) is 6.07 Å². The number of rotatable bonds is 3. The van der Waals surface area contributed by atoms with E-state index >= 15 is 0 Å². The number of nitrogens with one attached hydrogen (secondary N) is 1. The summed E-state index contributed by atoms with van der Waals surface area (Å²) in [6.45, 7) is 1.80. The van der Waals surface area contributed by atoms with Gasteiger partial charge in [0.25, 0.3) is 0 Å². The fourth-order valence-electron chi connectivity index (χ4n) is 1.71. The highest BCUT2D eigenvalue weighted by molar-refractivity contribution is 5.77. The lowest BCUT2D eigenvalue weighted by Gasteiger charge is -2.10. The van der Waals surface area contributed by atoms with E-state index in [9.17, 15) is 4.79 Å². The van der Waals surface area contributed by atoms with Crippen molar-refractivity contribution < 1.29 is 9.21 Å². The summed E-state index contributed by atoms with van der Waals surface area (Å²) in [5.74, 6) is 0.547. The van der Waals surface area contributed by atoms with Gasteiger partial charge >= 0.3 is 0 Å². The number of hydrogen-bond donors (Lipinski definition) is 2. The Morgan fingerprint density at radius 1 is 1.59 bits per heavy atom. The van der Waals surface area contributed by atoms with Crippen molar-refractivity contribution in [1.29, 1.82) is 0 Å². The number of carbonyl (C=O) groups excluding carboxylic acids is 1. The van der Waals surface area contributed by atoms with Crippen LogP contribution in [0.25, 0.3) is 11.1 Å². The third-order valence-electron chi connectivity index (χ3n) is 2.63. The maximum atomic E-state index is 11.2. The fraction of sp³-hybridized carbons (Fsp3) is 0.333. The molecular formula is C12H15N3O2. The first-order valence-electron chi connectivity index (χ1n) is 5.43. The molecule has 5 nitrogen and oxygen atoms in total. The van der Waals surface area contributed by atoms with Gasteiger partial charge in [0.1, 0.15) is 5.52 Å². The summed E-state index contributed by atoms with van der Waals surface area (Å²) in [5.41, 5.74) is 8.34. The first-order valence-corrected chi connectivity index (χ1v) is 5.43. The molecule has 0 saturated heterocycles. The van der Waals surface area contributed by atoms with Crippen molar-refractivity contribution in [3.05, 3.63) is 29.7 Å². The minimum Gasteiger partial charge on any atom is -0.441 e. The number of amides is 1. The van der Waals surface area contributed by atoms with E-state index in [-0.39, 0.29) is 18.4 Å². The molecule has 0 aliphatic carbocycles. The van der Waals surface area contributed by atoms with E-state index < -0.39 is 0 Å². The zero-order chi connectivity index (χ0) is 12.4. The van der Waals surface area contributed by atoms with Gasteiger partial charge in [-0.25, -0.2) is 4.98 Å². The monoisotopic (exact) mass is 233 g/mol. The summed E-state index contributed by atoms with van der Waals surface area (Å²) in [6, 6.07) is 5.23. The van der Waals surface area contributed by atoms with Crippen molar-refractivity contribution in [1.82, 2.24) is 10.3 Å². The molecule has 1 heterocycles. The molecule has 1 atom stereocenters. The molecule has 1 amide bonds. The molecule has 0 radical (unpaired) electrons. The maximum absolute atomic E-state index is 11.2. The summed E-state index contributed by atoms with van der Waals surface area (Å²) in [5, 5.41) is 2.55. The van der Waals surface area contributed by atoms with Crippen LogP contribution in [-0.4, -0.2) is 17.9 Å². The number of oxazole rings is 1. The predicted molar refractivity (Wildman–Crippen MR) is 64.4 cm³/mol. The molecular weight excluding hydrogens is 218 g/mol. The van der Waals surface area contributed by atoms with Gasteiger partial charge in [-0.15, -0.1) is 0 Å². The maximum Gasteiger partial charge on any atom is 0.221 e. The number of aromatic nitrogens is 1. The lowest BCUT2D eigenvalue weighted by atomic mass is 10.0. The van der Waals surface area contributed by atoms with Gasteiger partial charge < -0.3 is 15.5 Å². The second kappa shape index (κ2) is 4.55. The molecule has 0 bridgehead atoms. The van der Waals surface area contributed by atoms with Gasteiger partial charge in [0.15, 0.2) is 11.5 Å². The normalized spacial score (nSPS) is 12.6. The molecule has 1 aromatic carbocycles. The topological polar surface area (TPSA) is 81.2 Å². The van der Waals surface area contributed by atoms with Gasteiger partial charge in [0, 0.05) is 26.4 Å². The van der Waals surface area contributed by atoms with Gasteiger partial charge in [-0.05, 0) is 17.7 Å². The summed E-state index contributed by atoms with van der Waals surface area (Å²) < 4.78 is 5.37. The second-order valence-corrected chi connectivity index (χ2v) is 3.94. The number of benzene rings is 1. The summed E-state index contributed by atoms with van der Waals surface area (Å²) in [4.78, 5) is 15.5. The summed E-state index contributed by atoms with van der Waals surface area (Å²) in [7, 11) is 1.60. The lowest BCUT2D eigenvalue weighted by Crippen LogP contribution is -2.24. The molecule has 0 fully saturated rings. The molecule has 3 N–H and O–H groups in total. The Kier molecular flexibility index (Phi) is 3.10. The Labute approximate surface area is 99.0 Å². The largest absolute Gasteiger partial charge is 0.441 e. The average Bonchev–Trinajstić information content (AvgIpc) is 2.67. The minimum atomic E-state index is -0.323. The Hall–Kier alpha value is -1.88. The number of nitrogens with two attached hydrogens (primary N) is 1. The Bertz CT molecular complexity index is 548. The molecule has 0 saturated carbocycles. The van der Waals surface area contributed by atoms with E-state index in [0.717, 1.165) is 16.7 Å². The zero-order valence-corrected chi connectivity index (χ0v) is 9.86. The van der Waals surface area contributed by atoms with Crippen LogP contribution < -0.4 is 11.1 Å². The Balaban J connectivity index is 2.26. The van der Waals surface area contributed by atoms with E-state index in [0.29, 0.717) is 5.89 Å². The lowest BCUT2D eigenvalue weighted by molar-refractivity contribution is -0.120. The van der Waals surface area contributed by atoms with E-state index in [2.05, 4.69) is 10.3 Å². The summed E-state index contributed by atoms with van der Waals surface area (Å²) >= 11 is 0. The van der Waals surface area contributed by atoms with Crippen LogP contribution in [0.4, 0.5) is 0 Å². The second-order valence-electron chi connectivity index (χ2n) is 3.94. The van der Waals surface area contributed by atoms with Crippen molar-refractivity contribution in [2.24, 2.45) is 5.73 Å². The number of aryl methyl sites for hydroxylation is 1. The van der Waals surface area contributed by atoms with Gasteiger partial charge in [-0.3, -0.25) is 4.79 Å². The molecule has 1 aromatic heterocycles. The van der Waals surface area contributed by atoms with Crippen LogP contribution in [0.1, 0.15) is 23.9 Å². The Morgan fingerprint density at radius 3 is 3.06 bits per heavy atom. The number of hydrogen-bond acceptors (Lipinski definition) is 4. The van der Waals surface area contributed by atoms with Gasteiger partial charge in [-0.2, -0.15) is 0 Å². The van der Waals surface area contributed by atoms with Crippen LogP contribution in [0.3, 0.4) is 0 Å². The van der Waals surface area contributed by atoms with Crippen LogP contribution in [0, 0.1) is 6.92 Å². The molecule has 1 unspecified atom stereocenters. The van der Waals surface area contributed by atoms with Gasteiger partial charge in [0.05, 0.1) is 0 Å². The van der Waals surface area contributed by atoms with Crippen molar-refractivity contribution >= 4 is 17.0 Å². The van der Waals surface area contributed by atoms with Crippen LogP contribution in [0.15, 0.2) is 22.6 Å². The van der Waals surface area contributed by atoms with E-state index in [1.807, 2.05) is 18.2 Å². The van der Waals surface area contributed by atoms with E-state index in [1.165, 1.54) is 0 Å². The molecule has 2 aromatic rings. The third-order valence-corrected chi connectivity index (χ3v) is 2.63. The van der Waals surface area contributed by atoms with Crippen LogP contribution in [0.5, 0.6) is 0 Å². The molecule has 5 heteroatoms. The molecule has 0 aliphatic rings. The molecule has 17 heavy (non-hydrogen) atoms. The van der Waals surface area contributed by atoms with Crippen molar-refractivity contribution in [3.8, 4) is 0 Å². The standard InChI is InChI=1S/C12H15N3O2/c1-7-15-10-5-8(3-4-11(10)17-7)9(13)6-12(16)14-2/h3-5,9H,6,13H2,1-2H3,(H,14,16). The average molecular weight is 233 g/mol. The SMILES string of the molecule is CNC(=O)CC(N)c1ccc2oc(C)nc2c1. The van der Waals surface area contributed by atoms with Crippen LogP contribution in [0.2, 0.25) is 0 Å². The Morgan fingerprint density at radius 2 is 2.35 bits per heavy atom. The van der Waals surface area contributed by atoms with Crippen molar-refractivity contribution in [3.63, 3.8) is 0 Å². The fourth-order valence-corrected chi connectivity index (χ4v) is 1.71. The van der Waals surface area contributed by atoms with Crippen molar-refractivity contribution in [2.75, 3.05) is 7.05 Å². The molecule has 0 aliphatic heterocycles. The highest BCUT2D eigenvalue weighted by atomic mass is 16.3. The molecule has 0 spiro atoms. The van der Waals surface area contributed by atoms with Crippen molar-refractivity contribution in [2.45, 2.75) is 19.4 Å². The third kappa shape index (κ3) is 2.45. The molecule has 2 rings (SSSR count). The minimum absolute atomic E-state index is 0.0751. The quantitative estimate of drug-likeness (QED) is 0.836. The van der Waals surface area contributed by atoms with E-state index in [4.69, 9.17) is 10.2 Å². The molecule has 90 valence electrons. The number of nitrogens with zero attached hydrogens (tertiary/aromatic N) is 1. The highest BCUT2D eigenvalue weighted by Crippen LogP contribution is 2.21. The predicted octanol–water partition coefficient (Wildman–Crippen LogP) is 1.27. The van der Waals surface area contributed by atoms with Crippen LogP contribution >= 0.6 is 0 Å². The highest BCUT2D eigenvalue weighted by Gasteiger charge is 2.12. The smallest absolute Gasteiger partial charge is 0.221 e. The van der Waals surface area contributed by atoms with E-state index in [1.54, 1.807) is 14.0 Å². The zero-order valence-electron chi connectivity index (χ0n) is 9.86.